The Balaban J connectivity index is 1.47. The number of imidazole rings is 1. The van der Waals surface area contributed by atoms with E-state index in [0.29, 0.717) is 29.4 Å². The summed E-state index contributed by atoms with van der Waals surface area (Å²) in [6, 6.07) is 14.8. The van der Waals surface area contributed by atoms with Crippen LogP contribution in [0.2, 0.25) is 5.02 Å². The van der Waals surface area contributed by atoms with Crippen molar-refractivity contribution in [3.63, 3.8) is 0 Å². The van der Waals surface area contributed by atoms with Crippen molar-refractivity contribution >= 4 is 17.4 Å². The van der Waals surface area contributed by atoms with Gasteiger partial charge in [-0.1, -0.05) is 35.9 Å². The van der Waals surface area contributed by atoms with E-state index in [1.165, 1.54) is 0 Å². The van der Waals surface area contributed by atoms with Gasteiger partial charge >= 0.3 is 0 Å². The zero-order valence-corrected chi connectivity index (χ0v) is 16.7. The molecule has 1 aromatic heterocycles. The first-order valence-electron chi connectivity index (χ1n) is 9.56. The van der Waals surface area contributed by atoms with Crippen LogP contribution in [0.25, 0.3) is 11.4 Å². The van der Waals surface area contributed by atoms with Crippen molar-refractivity contribution in [1.29, 1.82) is 0 Å². The molecule has 2 aromatic carbocycles. The van der Waals surface area contributed by atoms with Crippen molar-refractivity contribution in [2.24, 2.45) is 0 Å². The highest BCUT2D eigenvalue weighted by atomic mass is 35.5. The lowest BCUT2D eigenvalue weighted by Crippen LogP contribution is -2.35. The van der Waals surface area contributed by atoms with Crippen LogP contribution in [0.1, 0.15) is 21.7 Å². The van der Waals surface area contributed by atoms with Gasteiger partial charge in [-0.25, -0.2) is 4.98 Å². The summed E-state index contributed by atoms with van der Waals surface area (Å²) in [5, 5.41) is 9.63. The van der Waals surface area contributed by atoms with E-state index in [0.717, 1.165) is 35.7 Å². The van der Waals surface area contributed by atoms with Crippen molar-refractivity contribution in [1.82, 2.24) is 14.9 Å². The number of fused-ring (bicyclic) bond motifs is 1. The number of hydrogen-bond acceptors (Lipinski definition) is 5. The third-order valence-electron chi connectivity index (χ3n) is 4.94. The first kappa shape index (κ1) is 19.6. The zero-order chi connectivity index (χ0) is 20.2. The molecule has 0 amide bonds. The third-order valence-corrected chi connectivity index (χ3v) is 5.27. The van der Waals surface area contributed by atoms with Gasteiger partial charge in [-0.15, -0.1) is 0 Å². The normalized spacial score (nSPS) is 13.9. The van der Waals surface area contributed by atoms with Gasteiger partial charge in [0, 0.05) is 25.1 Å². The Labute approximate surface area is 174 Å². The number of hydrogen-bond donors (Lipinski definition) is 2. The first-order chi connectivity index (χ1) is 14.2. The second kappa shape index (κ2) is 8.78. The van der Waals surface area contributed by atoms with Crippen molar-refractivity contribution in [3.05, 3.63) is 70.5 Å². The predicted octanol–water partition coefficient (Wildman–Crippen LogP) is 3.34. The fourth-order valence-electron chi connectivity index (χ4n) is 3.53. The Morgan fingerprint density at radius 3 is 2.83 bits per heavy atom. The lowest BCUT2D eigenvalue weighted by molar-refractivity contribution is 0.0914. The maximum absolute atomic E-state index is 12.9. The van der Waals surface area contributed by atoms with E-state index in [1.807, 2.05) is 36.4 Å². The topological polar surface area (TPSA) is 78.5 Å². The fraction of sp³-hybridized carbons (Fsp3) is 0.273. The smallest absolute Gasteiger partial charge is 0.180 e. The first-order valence-corrected chi connectivity index (χ1v) is 9.94. The molecule has 3 aromatic rings. The van der Waals surface area contributed by atoms with Crippen LogP contribution < -0.4 is 4.74 Å². The van der Waals surface area contributed by atoms with Crippen molar-refractivity contribution in [2.75, 3.05) is 26.3 Å². The van der Waals surface area contributed by atoms with Crippen LogP contribution >= 0.6 is 11.6 Å². The molecular weight excluding hydrogens is 390 g/mol. The standard InChI is InChI=1S/C22H22ClN3O3/c23-17-7-3-1-5-15(17)22-24-18-9-10-26(13-19(18)25-22)14-20(28)16-6-2-4-8-21(16)29-12-11-27/h1-8,27H,9-14H2,(H,24,25). The molecule has 1 aliphatic rings. The Bertz CT molecular complexity index is 1020. The molecule has 0 spiro atoms. The molecule has 0 saturated heterocycles. The molecule has 0 unspecified atom stereocenters. The van der Waals surface area contributed by atoms with E-state index in [2.05, 4.69) is 9.88 Å². The van der Waals surface area contributed by atoms with Crippen LogP contribution in [-0.2, 0) is 13.0 Å². The van der Waals surface area contributed by atoms with Crippen LogP contribution in [0, 0.1) is 0 Å². The number of rotatable bonds is 7. The molecular formula is C22H22ClN3O3. The molecule has 6 nitrogen and oxygen atoms in total. The number of Topliss-reactive ketones (excluding diaryl/α,β-unsaturated/α-hetero) is 1. The Hall–Kier alpha value is -2.67. The summed E-state index contributed by atoms with van der Waals surface area (Å²) >= 11 is 6.30. The highest BCUT2D eigenvalue weighted by Gasteiger charge is 2.24. The number of aliphatic hydroxyl groups excluding tert-OH is 1. The summed E-state index contributed by atoms with van der Waals surface area (Å²) < 4.78 is 5.50. The number of nitrogens with one attached hydrogen (secondary N) is 1. The molecule has 4 rings (SSSR count). The lowest BCUT2D eigenvalue weighted by atomic mass is 10.1. The highest BCUT2D eigenvalue weighted by molar-refractivity contribution is 6.33. The van der Waals surface area contributed by atoms with Crippen molar-refractivity contribution in [3.8, 4) is 17.1 Å². The van der Waals surface area contributed by atoms with E-state index < -0.39 is 0 Å². The molecule has 0 bridgehead atoms. The SMILES string of the molecule is O=C(CN1CCc2nc(-c3ccccc3Cl)[nH]c2C1)c1ccccc1OCCO. The van der Waals surface area contributed by atoms with Gasteiger partial charge in [0.25, 0.3) is 0 Å². The largest absolute Gasteiger partial charge is 0.490 e. The number of aliphatic hydroxyl groups is 1. The quantitative estimate of drug-likeness (QED) is 0.583. The summed E-state index contributed by atoms with van der Waals surface area (Å²) in [6.07, 6.45) is 0.770. The number of carbonyl (C=O) groups excluding carboxylic acids is 1. The highest BCUT2D eigenvalue weighted by Crippen LogP contribution is 2.28. The van der Waals surface area contributed by atoms with Gasteiger partial charge in [0.2, 0.25) is 0 Å². The van der Waals surface area contributed by atoms with E-state index in [1.54, 1.807) is 12.1 Å². The van der Waals surface area contributed by atoms with Crippen LogP contribution in [0.5, 0.6) is 5.75 Å². The minimum absolute atomic E-state index is 0.00664. The summed E-state index contributed by atoms with van der Waals surface area (Å²) in [7, 11) is 0. The molecule has 0 saturated carbocycles. The average molecular weight is 412 g/mol. The van der Waals surface area contributed by atoms with Crippen LogP contribution in [0.4, 0.5) is 0 Å². The lowest BCUT2D eigenvalue weighted by Gasteiger charge is -2.25. The molecule has 0 fully saturated rings. The number of nitrogens with zero attached hydrogens (tertiary/aromatic N) is 2. The van der Waals surface area contributed by atoms with Crippen LogP contribution in [0.3, 0.4) is 0 Å². The molecule has 2 heterocycles. The summed E-state index contributed by atoms with van der Waals surface area (Å²) in [5.41, 5.74) is 3.45. The zero-order valence-electron chi connectivity index (χ0n) is 15.9. The Morgan fingerprint density at radius 2 is 2.00 bits per heavy atom. The van der Waals surface area contributed by atoms with Gasteiger partial charge in [-0.2, -0.15) is 0 Å². The van der Waals surface area contributed by atoms with Crippen molar-refractivity contribution in [2.45, 2.75) is 13.0 Å². The number of benzene rings is 2. The maximum Gasteiger partial charge on any atom is 0.180 e. The van der Waals surface area contributed by atoms with Crippen molar-refractivity contribution < 1.29 is 14.6 Å². The Kier molecular flexibility index (Phi) is 5.94. The molecule has 1 aliphatic heterocycles. The summed E-state index contributed by atoms with van der Waals surface area (Å²) in [4.78, 5) is 23.0. The fourth-order valence-corrected chi connectivity index (χ4v) is 3.76. The van der Waals surface area contributed by atoms with E-state index in [-0.39, 0.29) is 19.0 Å². The average Bonchev–Trinajstić information content (AvgIpc) is 3.16. The van der Waals surface area contributed by atoms with E-state index in [4.69, 9.17) is 26.4 Å². The van der Waals surface area contributed by atoms with E-state index in [9.17, 15) is 4.79 Å². The number of carbonyl (C=O) groups is 1. The third kappa shape index (κ3) is 4.34. The number of ether oxygens (including phenoxy) is 1. The second-order valence-corrected chi connectivity index (χ2v) is 7.35. The van der Waals surface area contributed by atoms with Crippen LogP contribution in [-0.4, -0.2) is 52.1 Å². The summed E-state index contributed by atoms with van der Waals surface area (Å²) in [5.74, 6) is 1.26. The Morgan fingerprint density at radius 1 is 1.21 bits per heavy atom. The molecule has 0 aliphatic carbocycles. The number of halogens is 1. The maximum atomic E-state index is 12.9. The number of para-hydroxylation sites is 1. The molecule has 0 radical (unpaired) electrons. The molecule has 150 valence electrons. The van der Waals surface area contributed by atoms with Crippen LogP contribution in [0.15, 0.2) is 48.5 Å². The second-order valence-electron chi connectivity index (χ2n) is 6.94. The monoisotopic (exact) mass is 411 g/mol. The summed E-state index contributed by atoms with van der Waals surface area (Å²) in [6.45, 7) is 1.74. The van der Waals surface area contributed by atoms with Gasteiger partial charge in [0.15, 0.2) is 5.78 Å². The van der Waals surface area contributed by atoms with Gasteiger partial charge < -0.3 is 14.8 Å². The number of ketones is 1. The molecule has 0 atom stereocenters. The molecule has 2 N–H and O–H groups in total. The van der Waals surface area contributed by atoms with Gasteiger partial charge in [-0.3, -0.25) is 9.69 Å². The predicted molar refractivity (Wildman–Crippen MR) is 111 cm³/mol. The van der Waals surface area contributed by atoms with Gasteiger partial charge in [0.1, 0.15) is 18.2 Å². The minimum Gasteiger partial charge on any atom is -0.490 e. The number of aromatic nitrogens is 2. The number of aromatic amines is 1. The number of H-pyrrole nitrogens is 1. The minimum atomic E-state index is -0.0922. The molecule has 7 heteroatoms. The van der Waals surface area contributed by atoms with Gasteiger partial charge in [0.05, 0.1) is 35.1 Å². The van der Waals surface area contributed by atoms with E-state index >= 15 is 0 Å². The molecule has 29 heavy (non-hydrogen) atoms. The van der Waals surface area contributed by atoms with Gasteiger partial charge in [-0.05, 0) is 24.3 Å².